The van der Waals surface area contributed by atoms with Gasteiger partial charge in [0.25, 0.3) is 0 Å². The summed E-state index contributed by atoms with van der Waals surface area (Å²) >= 11 is 0. The van der Waals surface area contributed by atoms with E-state index in [-0.39, 0.29) is 11.5 Å². The van der Waals surface area contributed by atoms with Crippen molar-refractivity contribution in [2.75, 3.05) is 6.54 Å². The van der Waals surface area contributed by atoms with Crippen molar-refractivity contribution >= 4 is 0 Å². The van der Waals surface area contributed by atoms with Gasteiger partial charge in [0.2, 0.25) is 5.89 Å². The third-order valence-electron chi connectivity index (χ3n) is 2.78. The summed E-state index contributed by atoms with van der Waals surface area (Å²) in [6.07, 6.45) is 4.47. The summed E-state index contributed by atoms with van der Waals surface area (Å²) in [6.45, 7) is 7.60. The number of nitrogens with one attached hydrogen (secondary N) is 1. The van der Waals surface area contributed by atoms with E-state index in [9.17, 15) is 0 Å². The van der Waals surface area contributed by atoms with Gasteiger partial charge in [0.05, 0.1) is 6.04 Å². The average Bonchev–Trinajstić information content (AvgIpc) is 2.65. The first-order valence-electron chi connectivity index (χ1n) is 6.10. The van der Waals surface area contributed by atoms with Gasteiger partial charge in [-0.05, 0) is 24.8 Å². The quantitative estimate of drug-likeness (QED) is 0.836. The molecule has 4 nitrogen and oxygen atoms in total. The van der Waals surface area contributed by atoms with Crippen molar-refractivity contribution in [2.45, 2.75) is 52.5 Å². The van der Waals surface area contributed by atoms with Crippen molar-refractivity contribution in [3.05, 3.63) is 11.7 Å². The van der Waals surface area contributed by atoms with Crippen molar-refractivity contribution < 1.29 is 4.52 Å². The molecule has 1 aromatic heterocycles. The van der Waals surface area contributed by atoms with Crippen LogP contribution in [0.5, 0.6) is 0 Å². The topological polar surface area (TPSA) is 51.0 Å². The van der Waals surface area contributed by atoms with Crippen molar-refractivity contribution in [2.24, 2.45) is 5.41 Å². The normalized spacial score (nSPS) is 22.3. The molecule has 1 N–H and O–H groups in total. The largest absolute Gasteiger partial charge is 0.338 e. The summed E-state index contributed by atoms with van der Waals surface area (Å²) in [5.41, 5.74) is 0.209. The van der Waals surface area contributed by atoms with E-state index in [0.717, 1.165) is 31.1 Å². The third kappa shape index (κ3) is 3.04. The van der Waals surface area contributed by atoms with E-state index in [2.05, 4.69) is 36.2 Å². The SMILES string of the molecule is CC(C)(C)Cc1noc([C@H]2CCCCN2)n1. The smallest absolute Gasteiger partial charge is 0.243 e. The highest BCUT2D eigenvalue weighted by Crippen LogP contribution is 2.23. The molecule has 0 bridgehead atoms. The molecule has 16 heavy (non-hydrogen) atoms. The summed E-state index contributed by atoms with van der Waals surface area (Å²) in [5.74, 6) is 1.59. The van der Waals surface area contributed by atoms with Crippen molar-refractivity contribution in [1.29, 1.82) is 0 Å². The van der Waals surface area contributed by atoms with Gasteiger partial charge < -0.3 is 9.84 Å². The van der Waals surface area contributed by atoms with Gasteiger partial charge in [-0.3, -0.25) is 0 Å². The van der Waals surface area contributed by atoms with Gasteiger partial charge >= 0.3 is 0 Å². The minimum absolute atomic E-state index is 0.209. The van der Waals surface area contributed by atoms with Crippen LogP contribution in [0.1, 0.15) is 57.8 Å². The van der Waals surface area contributed by atoms with Crippen LogP contribution in [0.25, 0.3) is 0 Å². The molecule has 1 fully saturated rings. The zero-order valence-corrected chi connectivity index (χ0v) is 10.4. The fourth-order valence-electron chi connectivity index (χ4n) is 2.02. The minimum Gasteiger partial charge on any atom is -0.338 e. The Morgan fingerprint density at radius 3 is 2.81 bits per heavy atom. The van der Waals surface area contributed by atoms with E-state index in [4.69, 9.17) is 4.52 Å². The molecule has 1 aromatic rings. The van der Waals surface area contributed by atoms with Crippen LogP contribution in [0.4, 0.5) is 0 Å². The Morgan fingerprint density at radius 2 is 2.19 bits per heavy atom. The number of aromatic nitrogens is 2. The van der Waals surface area contributed by atoms with Crippen LogP contribution in [0.15, 0.2) is 4.52 Å². The monoisotopic (exact) mass is 223 g/mol. The maximum absolute atomic E-state index is 5.33. The number of nitrogens with zero attached hydrogens (tertiary/aromatic N) is 2. The molecule has 0 unspecified atom stereocenters. The van der Waals surface area contributed by atoms with Gasteiger partial charge in [-0.25, -0.2) is 0 Å². The second-order valence-corrected chi connectivity index (χ2v) is 5.79. The molecule has 1 aliphatic rings. The molecule has 1 saturated heterocycles. The van der Waals surface area contributed by atoms with Crippen LogP contribution < -0.4 is 5.32 Å². The number of hydrogen-bond donors (Lipinski definition) is 1. The van der Waals surface area contributed by atoms with Gasteiger partial charge in [0.15, 0.2) is 5.82 Å². The van der Waals surface area contributed by atoms with Gasteiger partial charge in [-0.2, -0.15) is 4.98 Å². The predicted octanol–water partition coefficient (Wildman–Crippen LogP) is 2.47. The Morgan fingerprint density at radius 1 is 1.38 bits per heavy atom. The molecule has 4 heteroatoms. The Labute approximate surface area is 96.8 Å². The van der Waals surface area contributed by atoms with Crippen molar-refractivity contribution in [3.63, 3.8) is 0 Å². The molecule has 2 heterocycles. The van der Waals surface area contributed by atoms with Gasteiger partial charge in [-0.1, -0.05) is 32.3 Å². The molecule has 0 amide bonds. The number of rotatable bonds is 2. The average molecular weight is 223 g/mol. The lowest BCUT2D eigenvalue weighted by molar-refractivity contribution is 0.293. The zero-order valence-electron chi connectivity index (χ0n) is 10.4. The molecule has 90 valence electrons. The number of piperidine rings is 1. The van der Waals surface area contributed by atoms with E-state index in [1.54, 1.807) is 0 Å². The first-order chi connectivity index (χ1) is 7.54. The van der Waals surface area contributed by atoms with E-state index in [1.165, 1.54) is 12.8 Å². The van der Waals surface area contributed by atoms with E-state index < -0.39 is 0 Å². The molecular formula is C12H21N3O. The standard InChI is InChI=1S/C12H21N3O/c1-12(2,3)8-10-14-11(16-15-10)9-6-4-5-7-13-9/h9,13H,4-8H2,1-3H3/t9-/m1/s1. The minimum atomic E-state index is 0.209. The molecule has 1 atom stereocenters. The molecule has 0 spiro atoms. The molecule has 0 aromatic carbocycles. The van der Waals surface area contributed by atoms with Crippen LogP contribution in [0, 0.1) is 5.41 Å². The van der Waals surface area contributed by atoms with Crippen LogP contribution >= 0.6 is 0 Å². The molecular weight excluding hydrogens is 202 g/mol. The summed E-state index contributed by atoms with van der Waals surface area (Å²) in [4.78, 5) is 4.48. The maximum atomic E-state index is 5.33. The molecule has 1 aliphatic heterocycles. The Bertz CT molecular complexity index is 334. The number of hydrogen-bond acceptors (Lipinski definition) is 4. The van der Waals surface area contributed by atoms with Crippen molar-refractivity contribution in [1.82, 2.24) is 15.5 Å². The predicted molar refractivity (Wildman–Crippen MR) is 62.1 cm³/mol. The molecule has 0 aliphatic carbocycles. The highest BCUT2D eigenvalue weighted by molar-refractivity contribution is 4.96. The highest BCUT2D eigenvalue weighted by atomic mass is 16.5. The van der Waals surface area contributed by atoms with Crippen LogP contribution in [-0.4, -0.2) is 16.7 Å². The Kier molecular flexibility index (Phi) is 3.28. The fourth-order valence-corrected chi connectivity index (χ4v) is 2.02. The molecule has 0 saturated carbocycles. The first kappa shape index (κ1) is 11.6. The zero-order chi connectivity index (χ0) is 11.6. The summed E-state index contributed by atoms with van der Waals surface area (Å²) in [7, 11) is 0. The molecule has 2 rings (SSSR count). The van der Waals surface area contributed by atoms with Gasteiger partial charge in [0.1, 0.15) is 0 Å². The summed E-state index contributed by atoms with van der Waals surface area (Å²) in [6, 6.07) is 0.273. The lowest BCUT2D eigenvalue weighted by atomic mass is 9.92. The summed E-state index contributed by atoms with van der Waals surface area (Å²) < 4.78 is 5.33. The van der Waals surface area contributed by atoms with E-state index >= 15 is 0 Å². The van der Waals surface area contributed by atoms with Crippen LogP contribution in [0.3, 0.4) is 0 Å². The first-order valence-corrected chi connectivity index (χ1v) is 6.10. The second-order valence-electron chi connectivity index (χ2n) is 5.79. The fraction of sp³-hybridized carbons (Fsp3) is 0.833. The summed E-state index contributed by atoms with van der Waals surface area (Å²) in [5, 5.41) is 7.47. The maximum Gasteiger partial charge on any atom is 0.243 e. The third-order valence-corrected chi connectivity index (χ3v) is 2.78. The Balaban J connectivity index is 2.01. The van der Waals surface area contributed by atoms with E-state index in [0.29, 0.717) is 0 Å². The van der Waals surface area contributed by atoms with Crippen LogP contribution in [-0.2, 0) is 6.42 Å². The van der Waals surface area contributed by atoms with Gasteiger partial charge in [0, 0.05) is 6.42 Å². The van der Waals surface area contributed by atoms with Gasteiger partial charge in [-0.15, -0.1) is 0 Å². The highest BCUT2D eigenvalue weighted by Gasteiger charge is 2.22. The van der Waals surface area contributed by atoms with Crippen molar-refractivity contribution in [3.8, 4) is 0 Å². The lowest BCUT2D eigenvalue weighted by Crippen LogP contribution is -2.27. The van der Waals surface area contributed by atoms with Crippen LogP contribution in [0.2, 0.25) is 0 Å². The lowest BCUT2D eigenvalue weighted by Gasteiger charge is -2.19. The van der Waals surface area contributed by atoms with E-state index in [1.807, 2.05) is 0 Å². The molecule has 0 radical (unpaired) electrons. The second kappa shape index (κ2) is 4.53. The Hall–Kier alpha value is -0.900.